The van der Waals surface area contributed by atoms with Crippen LogP contribution in [0.15, 0.2) is 42.5 Å². The molecule has 2 nitrogen and oxygen atoms in total. The Kier molecular flexibility index (Phi) is 6.82. The summed E-state index contributed by atoms with van der Waals surface area (Å²) in [5, 5.41) is 0. The van der Waals surface area contributed by atoms with Crippen LogP contribution in [0.4, 0.5) is 0 Å². The molecule has 1 aliphatic carbocycles. The van der Waals surface area contributed by atoms with Gasteiger partial charge < -0.3 is 9.47 Å². The molecule has 4 rings (SSSR count). The third-order valence-corrected chi connectivity index (χ3v) is 5.33. The van der Waals surface area contributed by atoms with Crippen molar-refractivity contribution in [1.82, 2.24) is 0 Å². The molecule has 2 heteroatoms. The first-order chi connectivity index (χ1) is 13.0. The van der Waals surface area contributed by atoms with Gasteiger partial charge in [0.05, 0.1) is 0 Å². The van der Waals surface area contributed by atoms with Crippen LogP contribution in [0.2, 0.25) is 0 Å². The van der Waals surface area contributed by atoms with E-state index in [1.54, 1.807) is 11.1 Å². The second-order valence-electron chi connectivity index (χ2n) is 8.79. The molecule has 1 aliphatic heterocycles. The predicted molar refractivity (Wildman–Crippen MR) is 113 cm³/mol. The summed E-state index contributed by atoms with van der Waals surface area (Å²) in [7, 11) is 0. The molecule has 146 valence electrons. The highest BCUT2D eigenvalue weighted by molar-refractivity contribution is 5.44. The van der Waals surface area contributed by atoms with Crippen LogP contribution in [0.5, 0.6) is 11.5 Å². The summed E-state index contributed by atoms with van der Waals surface area (Å²) < 4.78 is 10.5. The lowest BCUT2D eigenvalue weighted by Crippen LogP contribution is -2.15. The van der Waals surface area contributed by atoms with Crippen LogP contribution >= 0.6 is 0 Å². The maximum atomic E-state index is 5.30. The molecule has 2 aromatic carbocycles. The first kappa shape index (κ1) is 19.8. The highest BCUT2D eigenvalue weighted by Gasteiger charge is 2.18. The molecular formula is C25H34O2. The first-order valence-electron chi connectivity index (χ1n) is 10.5. The molecule has 27 heavy (non-hydrogen) atoms. The largest absolute Gasteiger partial charge is 0.454 e. The fraction of sp³-hybridized carbons (Fsp3) is 0.520. The first-order valence-corrected chi connectivity index (χ1v) is 10.5. The van der Waals surface area contributed by atoms with Crippen molar-refractivity contribution in [2.45, 2.75) is 59.8 Å². The summed E-state index contributed by atoms with van der Waals surface area (Å²) in [6.07, 6.45) is 6.50. The van der Waals surface area contributed by atoms with E-state index in [1.165, 1.54) is 31.2 Å². The number of benzene rings is 2. The van der Waals surface area contributed by atoms with E-state index in [-0.39, 0.29) is 0 Å². The van der Waals surface area contributed by atoms with Gasteiger partial charge >= 0.3 is 0 Å². The van der Waals surface area contributed by atoms with Gasteiger partial charge in [-0.05, 0) is 78.7 Å². The van der Waals surface area contributed by atoms with Crippen molar-refractivity contribution in [1.29, 1.82) is 0 Å². The van der Waals surface area contributed by atoms with Gasteiger partial charge in [-0.2, -0.15) is 0 Å². The van der Waals surface area contributed by atoms with E-state index >= 15 is 0 Å². The number of hydrogen-bond acceptors (Lipinski definition) is 2. The lowest BCUT2D eigenvalue weighted by atomic mass is 9.80. The number of rotatable bonds is 4. The molecule has 0 fully saturated rings. The Morgan fingerprint density at radius 3 is 2.37 bits per heavy atom. The molecule has 2 aromatic rings. The summed E-state index contributed by atoms with van der Waals surface area (Å²) in [5.74, 6) is 4.22. The van der Waals surface area contributed by atoms with Crippen LogP contribution in [-0.4, -0.2) is 6.79 Å². The quantitative estimate of drug-likeness (QED) is 0.619. The second-order valence-corrected chi connectivity index (χ2v) is 8.79. The van der Waals surface area contributed by atoms with Crippen molar-refractivity contribution in [3.05, 3.63) is 59.2 Å². The highest BCUT2D eigenvalue weighted by Crippen LogP contribution is 2.33. The normalized spacial score (nSPS) is 17.5. The maximum Gasteiger partial charge on any atom is 0.231 e. The van der Waals surface area contributed by atoms with E-state index in [9.17, 15) is 0 Å². The summed E-state index contributed by atoms with van der Waals surface area (Å²) in [6.45, 7) is 9.46. The Hall–Kier alpha value is -1.96. The number of fused-ring (bicyclic) bond motifs is 2. The second kappa shape index (κ2) is 9.30. The number of ether oxygens (including phenoxy) is 2. The molecule has 1 atom stereocenters. The summed E-state index contributed by atoms with van der Waals surface area (Å²) in [6, 6.07) is 15.1. The maximum absolute atomic E-state index is 5.30. The Morgan fingerprint density at radius 1 is 0.889 bits per heavy atom. The molecule has 0 amide bonds. The zero-order chi connectivity index (χ0) is 19.2. The molecule has 0 saturated carbocycles. The summed E-state index contributed by atoms with van der Waals surface area (Å²) >= 11 is 0. The molecule has 0 aromatic heterocycles. The lowest BCUT2D eigenvalue weighted by Gasteiger charge is -2.25. The van der Waals surface area contributed by atoms with Crippen LogP contribution in [0.25, 0.3) is 0 Å². The minimum atomic E-state index is 0.362. The number of hydrogen-bond donors (Lipinski definition) is 0. The standard InChI is InChI=1S/C14H20.C11H14O2/c1-11(2)9-12-7-8-13-5-3-4-6-14(13)10-12;1-8(2)5-9-3-4-10-11(6-9)13-7-12-10/h3-6,11-12H,7-10H2,1-2H3;3-4,6,8H,5,7H2,1-2H3. The predicted octanol–water partition coefficient (Wildman–Crippen LogP) is 6.45. The fourth-order valence-corrected chi connectivity index (χ4v) is 4.18. The van der Waals surface area contributed by atoms with E-state index in [0.717, 1.165) is 29.8 Å². The van der Waals surface area contributed by atoms with Crippen LogP contribution in [0.1, 0.15) is 57.2 Å². The van der Waals surface area contributed by atoms with Crippen LogP contribution in [0.3, 0.4) is 0 Å². The van der Waals surface area contributed by atoms with Gasteiger partial charge in [0.15, 0.2) is 11.5 Å². The molecule has 0 saturated heterocycles. The average Bonchev–Trinajstić information content (AvgIpc) is 3.09. The van der Waals surface area contributed by atoms with Gasteiger partial charge in [0, 0.05) is 0 Å². The molecule has 2 aliphatic rings. The van der Waals surface area contributed by atoms with Crippen LogP contribution < -0.4 is 9.47 Å². The Morgan fingerprint density at radius 2 is 1.63 bits per heavy atom. The van der Waals surface area contributed by atoms with Gasteiger partial charge in [-0.3, -0.25) is 0 Å². The van der Waals surface area contributed by atoms with Gasteiger partial charge in [-0.1, -0.05) is 58.0 Å². The Labute approximate surface area is 164 Å². The van der Waals surface area contributed by atoms with Crippen molar-refractivity contribution in [3.63, 3.8) is 0 Å². The molecule has 0 radical (unpaired) electrons. The van der Waals surface area contributed by atoms with E-state index in [1.807, 2.05) is 6.07 Å². The molecule has 1 heterocycles. The van der Waals surface area contributed by atoms with E-state index < -0.39 is 0 Å². The van der Waals surface area contributed by atoms with Crippen molar-refractivity contribution < 1.29 is 9.47 Å². The van der Waals surface area contributed by atoms with Crippen molar-refractivity contribution >= 4 is 0 Å². The topological polar surface area (TPSA) is 18.5 Å². The van der Waals surface area contributed by atoms with E-state index in [4.69, 9.17) is 9.47 Å². The van der Waals surface area contributed by atoms with Gasteiger partial charge in [0.25, 0.3) is 0 Å². The minimum Gasteiger partial charge on any atom is -0.454 e. The third kappa shape index (κ3) is 5.76. The summed E-state index contributed by atoms with van der Waals surface area (Å²) in [5.41, 5.74) is 4.51. The zero-order valence-electron chi connectivity index (χ0n) is 17.3. The van der Waals surface area contributed by atoms with Crippen molar-refractivity contribution in [3.8, 4) is 11.5 Å². The molecule has 1 unspecified atom stereocenters. The van der Waals surface area contributed by atoms with Gasteiger partial charge in [-0.25, -0.2) is 0 Å². The van der Waals surface area contributed by atoms with Crippen molar-refractivity contribution in [2.24, 2.45) is 17.8 Å². The zero-order valence-corrected chi connectivity index (χ0v) is 17.3. The van der Waals surface area contributed by atoms with Crippen molar-refractivity contribution in [2.75, 3.05) is 6.79 Å². The van der Waals surface area contributed by atoms with Gasteiger partial charge in [0.2, 0.25) is 6.79 Å². The monoisotopic (exact) mass is 366 g/mol. The van der Waals surface area contributed by atoms with Crippen LogP contribution in [-0.2, 0) is 19.3 Å². The van der Waals surface area contributed by atoms with Gasteiger partial charge in [-0.15, -0.1) is 0 Å². The third-order valence-electron chi connectivity index (χ3n) is 5.33. The number of aryl methyl sites for hydroxylation is 1. The van der Waals surface area contributed by atoms with Gasteiger partial charge in [0.1, 0.15) is 0 Å². The van der Waals surface area contributed by atoms with E-state index in [0.29, 0.717) is 12.7 Å². The Bertz CT molecular complexity index is 733. The SMILES string of the molecule is CC(C)CC1CCc2ccccc2C1.CC(C)Cc1ccc2c(c1)OCO2. The molecule has 0 N–H and O–H groups in total. The molecule has 0 spiro atoms. The Balaban J connectivity index is 0.000000156. The van der Waals surface area contributed by atoms with E-state index in [2.05, 4.69) is 64.1 Å². The lowest BCUT2D eigenvalue weighted by molar-refractivity contribution is 0.174. The minimum absolute atomic E-state index is 0.362. The smallest absolute Gasteiger partial charge is 0.231 e. The molecular weight excluding hydrogens is 332 g/mol. The summed E-state index contributed by atoms with van der Waals surface area (Å²) in [4.78, 5) is 0. The fourth-order valence-electron chi connectivity index (χ4n) is 4.18. The van der Waals surface area contributed by atoms with Crippen LogP contribution in [0, 0.1) is 17.8 Å². The average molecular weight is 367 g/mol. The highest BCUT2D eigenvalue weighted by atomic mass is 16.7. The molecule has 0 bridgehead atoms.